The standard InChI is InChI=1S/C17H25N3O2/c1-20(2)13-9-10-15-16(11-13)19-17(18-15)8-6-4-3-5-7-14(22)12-21/h9-11,21H,3-8,12H2,1-2H3,(H,18,19). The van der Waals surface area contributed by atoms with Crippen LogP contribution in [0.15, 0.2) is 18.2 Å². The van der Waals surface area contributed by atoms with E-state index in [0.29, 0.717) is 6.42 Å². The number of hydrogen-bond acceptors (Lipinski definition) is 4. The number of imidazole rings is 1. The van der Waals surface area contributed by atoms with Crippen molar-refractivity contribution in [1.29, 1.82) is 0 Å². The van der Waals surface area contributed by atoms with E-state index < -0.39 is 0 Å². The molecule has 0 amide bonds. The van der Waals surface area contributed by atoms with Crippen LogP contribution in [0.1, 0.15) is 37.9 Å². The fourth-order valence-electron chi connectivity index (χ4n) is 2.49. The minimum atomic E-state index is -0.325. The van der Waals surface area contributed by atoms with E-state index in [2.05, 4.69) is 27.0 Å². The van der Waals surface area contributed by atoms with Gasteiger partial charge in [-0.05, 0) is 31.0 Å². The lowest BCUT2D eigenvalue weighted by atomic mass is 10.1. The molecule has 2 rings (SSSR count). The maximum atomic E-state index is 11.0. The Bertz CT molecular complexity index is 619. The summed E-state index contributed by atoms with van der Waals surface area (Å²) in [7, 11) is 4.06. The summed E-state index contributed by atoms with van der Waals surface area (Å²) in [6.07, 6.45) is 5.46. The highest BCUT2D eigenvalue weighted by molar-refractivity contribution is 5.79. The van der Waals surface area contributed by atoms with E-state index in [4.69, 9.17) is 5.11 Å². The molecule has 0 atom stereocenters. The van der Waals surface area contributed by atoms with Crippen molar-refractivity contribution in [2.24, 2.45) is 0 Å². The first-order valence-corrected chi connectivity index (χ1v) is 7.88. The Kier molecular flexibility index (Phi) is 5.95. The number of aliphatic hydroxyl groups is 1. The fourth-order valence-corrected chi connectivity index (χ4v) is 2.49. The number of rotatable bonds is 9. The van der Waals surface area contributed by atoms with E-state index in [0.717, 1.165) is 54.6 Å². The second kappa shape index (κ2) is 7.94. The summed E-state index contributed by atoms with van der Waals surface area (Å²) in [4.78, 5) is 21.0. The van der Waals surface area contributed by atoms with Crippen LogP contribution in [0.5, 0.6) is 0 Å². The summed E-state index contributed by atoms with van der Waals surface area (Å²) in [5, 5.41) is 8.64. The van der Waals surface area contributed by atoms with Gasteiger partial charge in [-0.15, -0.1) is 0 Å². The number of Topliss-reactive ketones (excluding diaryl/α,β-unsaturated/α-hetero) is 1. The average Bonchev–Trinajstić information content (AvgIpc) is 2.91. The van der Waals surface area contributed by atoms with Gasteiger partial charge in [0.1, 0.15) is 12.4 Å². The van der Waals surface area contributed by atoms with Gasteiger partial charge >= 0.3 is 0 Å². The Labute approximate surface area is 131 Å². The van der Waals surface area contributed by atoms with Crippen molar-refractivity contribution < 1.29 is 9.90 Å². The molecule has 1 aromatic heterocycles. The highest BCUT2D eigenvalue weighted by atomic mass is 16.3. The molecule has 1 heterocycles. The number of nitrogens with zero attached hydrogens (tertiary/aromatic N) is 2. The van der Waals surface area contributed by atoms with Crippen molar-refractivity contribution in [3.63, 3.8) is 0 Å². The SMILES string of the molecule is CN(C)c1ccc2nc(CCCCCCC(=O)CO)[nH]c2c1. The summed E-state index contributed by atoms with van der Waals surface area (Å²) in [6.45, 7) is -0.325. The van der Waals surface area contributed by atoms with E-state index >= 15 is 0 Å². The number of nitrogens with one attached hydrogen (secondary N) is 1. The minimum absolute atomic E-state index is 0.0611. The summed E-state index contributed by atoms with van der Waals surface area (Å²) in [6, 6.07) is 6.24. The summed E-state index contributed by atoms with van der Waals surface area (Å²) in [5.41, 5.74) is 3.25. The van der Waals surface area contributed by atoms with Crippen LogP contribution in [0.25, 0.3) is 11.0 Å². The molecule has 0 radical (unpaired) electrons. The lowest BCUT2D eigenvalue weighted by Gasteiger charge is -2.11. The van der Waals surface area contributed by atoms with Gasteiger partial charge in [0.2, 0.25) is 0 Å². The lowest BCUT2D eigenvalue weighted by molar-refractivity contribution is -0.121. The van der Waals surface area contributed by atoms with E-state index in [-0.39, 0.29) is 12.4 Å². The number of carbonyl (C=O) groups excluding carboxylic acids is 1. The smallest absolute Gasteiger partial charge is 0.158 e. The second-order valence-corrected chi connectivity index (χ2v) is 5.89. The normalized spacial score (nSPS) is 11.0. The summed E-state index contributed by atoms with van der Waals surface area (Å²) < 4.78 is 0. The van der Waals surface area contributed by atoms with Gasteiger partial charge in [-0.2, -0.15) is 0 Å². The van der Waals surface area contributed by atoms with Crippen LogP contribution in [-0.4, -0.2) is 41.6 Å². The van der Waals surface area contributed by atoms with Gasteiger partial charge in [-0.25, -0.2) is 4.98 Å². The molecule has 2 N–H and O–H groups in total. The molecule has 2 aromatic rings. The third kappa shape index (κ3) is 4.56. The monoisotopic (exact) mass is 303 g/mol. The molecule has 0 aliphatic heterocycles. The molecule has 1 aromatic carbocycles. The number of fused-ring (bicyclic) bond motifs is 1. The Hall–Kier alpha value is -1.88. The number of aromatic amines is 1. The molecule has 5 heteroatoms. The van der Waals surface area contributed by atoms with Crippen molar-refractivity contribution in [2.75, 3.05) is 25.6 Å². The first-order valence-electron chi connectivity index (χ1n) is 7.88. The summed E-state index contributed by atoms with van der Waals surface area (Å²) in [5.74, 6) is 0.964. The van der Waals surface area contributed by atoms with Gasteiger partial charge in [0.15, 0.2) is 5.78 Å². The van der Waals surface area contributed by atoms with Gasteiger partial charge in [-0.1, -0.05) is 12.8 Å². The van der Waals surface area contributed by atoms with Crippen LogP contribution in [0.4, 0.5) is 5.69 Å². The molecule has 0 aliphatic carbocycles. The van der Waals surface area contributed by atoms with E-state index in [1.54, 1.807) is 0 Å². The maximum Gasteiger partial charge on any atom is 0.158 e. The van der Waals surface area contributed by atoms with Gasteiger partial charge < -0.3 is 15.0 Å². The number of aliphatic hydroxyl groups excluding tert-OH is 1. The molecule has 120 valence electrons. The molecule has 22 heavy (non-hydrogen) atoms. The van der Waals surface area contributed by atoms with Gasteiger partial charge in [0, 0.05) is 32.6 Å². The zero-order valence-corrected chi connectivity index (χ0v) is 13.4. The molecular formula is C17H25N3O2. The number of anilines is 1. The molecule has 0 aliphatic rings. The molecule has 5 nitrogen and oxygen atoms in total. The number of H-pyrrole nitrogens is 1. The zero-order chi connectivity index (χ0) is 15.9. The quantitative estimate of drug-likeness (QED) is 0.699. The Balaban J connectivity index is 1.78. The van der Waals surface area contributed by atoms with Crippen LogP contribution in [0.3, 0.4) is 0 Å². The van der Waals surface area contributed by atoms with Crippen LogP contribution >= 0.6 is 0 Å². The molecule has 0 spiro atoms. The van der Waals surface area contributed by atoms with Crippen molar-refractivity contribution in [2.45, 2.75) is 38.5 Å². The van der Waals surface area contributed by atoms with E-state index in [9.17, 15) is 4.79 Å². The van der Waals surface area contributed by atoms with Gasteiger partial charge in [0.05, 0.1) is 11.0 Å². The van der Waals surface area contributed by atoms with Gasteiger partial charge in [0.25, 0.3) is 0 Å². The topological polar surface area (TPSA) is 69.2 Å². The Morgan fingerprint density at radius 2 is 2.00 bits per heavy atom. The number of benzene rings is 1. The third-order valence-electron chi connectivity index (χ3n) is 3.83. The Morgan fingerprint density at radius 3 is 2.73 bits per heavy atom. The maximum absolute atomic E-state index is 11.0. The number of aromatic nitrogens is 2. The van der Waals surface area contributed by atoms with E-state index in [1.807, 2.05) is 20.2 Å². The fraction of sp³-hybridized carbons (Fsp3) is 0.529. The third-order valence-corrected chi connectivity index (χ3v) is 3.83. The molecule has 0 saturated carbocycles. The zero-order valence-electron chi connectivity index (χ0n) is 13.4. The number of hydrogen-bond donors (Lipinski definition) is 2. The minimum Gasteiger partial charge on any atom is -0.389 e. The highest BCUT2D eigenvalue weighted by Crippen LogP contribution is 2.19. The lowest BCUT2D eigenvalue weighted by Crippen LogP contribution is -2.07. The highest BCUT2D eigenvalue weighted by Gasteiger charge is 2.05. The molecule has 0 saturated heterocycles. The van der Waals surface area contributed by atoms with Crippen LogP contribution in [0, 0.1) is 0 Å². The molecule has 0 bridgehead atoms. The van der Waals surface area contributed by atoms with Crippen molar-refractivity contribution in [3.8, 4) is 0 Å². The average molecular weight is 303 g/mol. The second-order valence-electron chi connectivity index (χ2n) is 5.89. The van der Waals surface area contributed by atoms with Crippen molar-refractivity contribution >= 4 is 22.5 Å². The first kappa shape index (κ1) is 16.5. The van der Waals surface area contributed by atoms with Gasteiger partial charge in [-0.3, -0.25) is 4.79 Å². The number of unbranched alkanes of at least 4 members (excludes halogenated alkanes) is 3. The number of ketones is 1. The molecule has 0 fully saturated rings. The predicted octanol–water partition coefficient (Wildman–Crippen LogP) is 2.68. The van der Waals surface area contributed by atoms with E-state index in [1.165, 1.54) is 0 Å². The molecule has 0 unspecified atom stereocenters. The summed E-state index contributed by atoms with van der Waals surface area (Å²) >= 11 is 0. The van der Waals surface area contributed by atoms with Crippen LogP contribution in [-0.2, 0) is 11.2 Å². The number of aryl methyl sites for hydroxylation is 1. The van der Waals surface area contributed by atoms with Crippen LogP contribution in [0.2, 0.25) is 0 Å². The van der Waals surface area contributed by atoms with Crippen molar-refractivity contribution in [3.05, 3.63) is 24.0 Å². The first-order chi connectivity index (χ1) is 10.6. The van der Waals surface area contributed by atoms with Crippen molar-refractivity contribution in [1.82, 2.24) is 9.97 Å². The predicted molar refractivity (Wildman–Crippen MR) is 89.3 cm³/mol. The number of carbonyl (C=O) groups is 1. The largest absolute Gasteiger partial charge is 0.389 e. The molecular weight excluding hydrogens is 278 g/mol. The van der Waals surface area contributed by atoms with Crippen LogP contribution < -0.4 is 4.90 Å². The Morgan fingerprint density at radius 1 is 1.23 bits per heavy atom.